The van der Waals surface area contributed by atoms with E-state index in [-0.39, 0.29) is 10.6 Å². The molecule has 0 aliphatic rings. The van der Waals surface area contributed by atoms with E-state index in [1.54, 1.807) is 12.1 Å². The second-order valence-electron chi connectivity index (χ2n) is 4.24. The molecule has 0 amide bonds. The zero-order chi connectivity index (χ0) is 15.6. The molecule has 3 rings (SSSR count). The van der Waals surface area contributed by atoms with E-state index < -0.39 is 15.9 Å². The molecule has 0 N–H and O–H groups in total. The van der Waals surface area contributed by atoms with Crippen LogP contribution in [0.4, 0.5) is 4.39 Å². The summed E-state index contributed by atoms with van der Waals surface area (Å²) in [6.07, 6.45) is 1.40. The lowest BCUT2D eigenvalue weighted by Gasteiger charge is -2.07. The molecule has 7 nitrogen and oxygen atoms in total. The van der Waals surface area contributed by atoms with Gasteiger partial charge in [-0.2, -0.15) is 8.42 Å². The lowest BCUT2D eigenvalue weighted by atomic mass is 10.3. The molecule has 0 radical (unpaired) electrons. The minimum Gasteiger partial charge on any atom is -0.379 e. The van der Waals surface area contributed by atoms with Crippen LogP contribution in [0.3, 0.4) is 0 Å². The number of halogens is 1. The number of nitrogens with zero attached hydrogens (tertiary/aromatic N) is 4. The van der Waals surface area contributed by atoms with Gasteiger partial charge in [-0.15, -0.1) is 5.10 Å². The van der Waals surface area contributed by atoms with Gasteiger partial charge >= 0.3 is 10.1 Å². The van der Waals surface area contributed by atoms with Crippen LogP contribution in [0.2, 0.25) is 0 Å². The van der Waals surface area contributed by atoms with Gasteiger partial charge in [-0.05, 0) is 52.9 Å². The average molecular weight is 320 g/mol. The van der Waals surface area contributed by atoms with Gasteiger partial charge in [0.05, 0.1) is 5.69 Å². The summed E-state index contributed by atoms with van der Waals surface area (Å²) in [5.41, 5.74) is 0.639. The summed E-state index contributed by atoms with van der Waals surface area (Å²) >= 11 is 0. The van der Waals surface area contributed by atoms with Crippen LogP contribution in [-0.4, -0.2) is 28.6 Å². The van der Waals surface area contributed by atoms with E-state index in [0.717, 1.165) is 12.1 Å². The van der Waals surface area contributed by atoms with Crippen LogP contribution in [0.5, 0.6) is 5.75 Å². The van der Waals surface area contributed by atoms with Gasteiger partial charge in [0.25, 0.3) is 0 Å². The fraction of sp³-hybridized carbons (Fsp3) is 0. The van der Waals surface area contributed by atoms with Gasteiger partial charge in [-0.25, -0.2) is 9.07 Å². The highest BCUT2D eigenvalue weighted by Gasteiger charge is 2.17. The van der Waals surface area contributed by atoms with E-state index in [4.69, 9.17) is 4.18 Å². The molecule has 1 aromatic heterocycles. The Morgan fingerprint density at radius 1 is 1.09 bits per heavy atom. The largest absolute Gasteiger partial charge is 0.379 e. The van der Waals surface area contributed by atoms with Crippen molar-refractivity contribution in [2.45, 2.75) is 4.90 Å². The number of hydrogen-bond donors (Lipinski definition) is 0. The monoisotopic (exact) mass is 320 g/mol. The van der Waals surface area contributed by atoms with Gasteiger partial charge in [0.2, 0.25) is 0 Å². The van der Waals surface area contributed by atoms with E-state index in [1.165, 1.54) is 35.3 Å². The van der Waals surface area contributed by atoms with Crippen molar-refractivity contribution in [1.29, 1.82) is 0 Å². The van der Waals surface area contributed by atoms with Gasteiger partial charge in [0, 0.05) is 0 Å². The van der Waals surface area contributed by atoms with E-state index >= 15 is 0 Å². The molecule has 1 heterocycles. The zero-order valence-corrected chi connectivity index (χ0v) is 11.8. The molecule has 0 bridgehead atoms. The van der Waals surface area contributed by atoms with Crippen molar-refractivity contribution in [2.75, 3.05) is 0 Å². The first-order valence-electron chi connectivity index (χ1n) is 6.08. The molecular formula is C13H9FN4O3S. The van der Waals surface area contributed by atoms with Crippen LogP contribution in [0.25, 0.3) is 5.69 Å². The molecule has 0 fully saturated rings. The topological polar surface area (TPSA) is 87.0 Å². The summed E-state index contributed by atoms with van der Waals surface area (Å²) in [4.78, 5) is -0.253. The standard InChI is InChI=1S/C13H9FN4O3S/c14-10-2-1-3-13(8-10)22(19,20)21-12-6-4-11(5-7-12)18-9-15-16-17-18/h1-9H. The molecule has 0 unspecified atom stereocenters. The highest BCUT2D eigenvalue weighted by molar-refractivity contribution is 7.87. The Kier molecular flexibility index (Phi) is 3.55. The van der Waals surface area contributed by atoms with E-state index in [0.29, 0.717) is 5.69 Å². The van der Waals surface area contributed by atoms with Crippen LogP contribution in [0, 0.1) is 5.82 Å². The fourth-order valence-corrected chi connectivity index (χ4v) is 2.69. The molecule has 0 atom stereocenters. The number of hydrogen-bond acceptors (Lipinski definition) is 6. The Morgan fingerprint density at radius 2 is 1.86 bits per heavy atom. The van der Waals surface area contributed by atoms with Crippen molar-refractivity contribution in [3.63, 3.8) is 0 Å². The lowest BCUT2D eigenvalue weighted by Crippen LogP contribution is -2.10. The van der Waals surface area contributed by atoms with Gasteiger partial charge < -0.3 is 4.18 Å². The lowest BCUT2D eigenvalue weighted by molar-refractivity contribution is 0.484. The van der Waals surface area contributed by atoms with E-state index in [9.17, 15) is 12.8 Å². The minimum absolute atomic E-state index is 0.0982. The molecule has 2 aromatic carbocycles. The van der Waals surface area contributed by atoms with Gasteiger partial charge in [0.15, 0.2) is 0 Å². The van der Waals surface area contributed by atoms with Crippen LogP contribution in [0.15, 0.2) is 59.8 Å². The number of benzene rings is 2. The third kappa shape index (κ3) is 2.93. The Hall–Kier alpha value is -2.81. The maximum absolute atomic E-state index is 13.1. The van der Waals surface area contributed by atoms with Crippen molar-refractivity contribution in [3.8, 4) is 11.4 Å². The first-order valence-corrected chi connectivity index (χ1v) is 7.49. The maximum atomic E-state index is 13.1. The summed E-state index contributed by atoms with van der Waals surface area (Å²) in [5, 5.41) is 10.7. The molecular weight excluding hydrogens is 311 g/mol. The average Bonchev–Trinajstić information content (AvgIpc) is 3.02. The third-order valence-electron chi connectivity index (χ3n) is 2.74. The smallest absolute Gasteiger partial charge is 0.339 e. The SMILES string of the molecule is O=S(=O)(Oc1ccc(-n2cnnn2)cc1)c1cccc(F)c1. The van der Waals surface area contributed by atoms with Crippen LogP contribution >= 0.6 is 0 Å². The quantitative estimate of drug-likeness (QED) is 0.678. The highest BCUT2D eigenvalue weighted by atomic mass is 32.2. The Balaban J connectivity index is 1.84. The molecule has 9 heteroatoms. The van der Waals surface area contributed by atoms with Gasteiger partial charge in [0.1, 0.15) is 22.8 Å². The summed E-state index contributed by atoms with van der Waals surface area (Å²) in [6.45, 7) is 0. The fourth-order valence-electron chi connectivity index (χ4n) is 1.73. The van der Waals surface area contributed by atoms with E-state index in [1.807, 2.05) is 0 Å². The third-order valence-corrected chi connectivity index (χ3v) is 3.98. The predicted molar refractivity (Wildman–Crippen MR) is 73.4 cm³/mol. The second-order valence-corrected chi connectivity index (χ2v) is 5.79. The Bertz CT molecular complexity index is 880. The van der Waals surface area contributed by atoms with Gasteiger partial charge in [-0.1, -0.05) is 6.07 Å². The van der Waals surface area contributed by atoms with Crippen molar-refractivity contribution in [1.82, 2.24) is 20.2 Å². The molecule has 22 heavy (non-hydrogen) atoms. The first-order chi connectivity index (χ1) is 10.5. The maximum Gasteiger partial charge on any atom is 0.339 e. The van der Waals surface area contributed by atoms with Crippen molar-refractivity contribution in [3.05, 3.63) is 60.7 Å². The minimum atomic E-state index is -4.09. The van der Waals surface area contributed by atoms with Crippen LogP contribution in [0.1, 0.15) is 0 Å². The summed E-state index contributed by atoms with van der Waals surface area (Å²) in [6, 6.07) is 10.7. The van der Waals surface area contributed by atoms with Crippen molar-refractivity contribution < 1.29 is 17.0 Å². The Morgan fingerprint density at radius 3 is 2.50 bits per heavy atom. The number of rotatable bonds is 4. The van der Waals surface area contributed by atoms with Crippen LogP contribution in [-0.2, 0) is 10.1 Å². The molecule has 0 aliphatic heterocycles. The van der Waals surface area contributed by atoms with E-state index in [2.05, 4.69) is 15.5 Å². The van der Waals surface area contributed by atoms with Crippen molar-refractivity contribution >= 4 is 10.1 Å². The second kappa shape index (κ2) is 5.53. The molecule has 112 valence electrons. The number of tetrazole rings is 1. The normalized spacial score (nSPS) is 11.3. The highest BCUT2D eigenvalue weighted by Crippen LogP contribution is 2.20. The summed E-state index contributed by atoms with van der Waals surface area (Å²) in [7, 11) is -4.09. The zero-order valence-electron chi connectivity index (χ0n) is 11.0. The summed E-state index contributed by atoms with van der Waals surface area (Å²) in [5.74, 6) is -0.556. The van der Waals surface area contributed by atoms with Crippen molar-refractivity contribution in [2.24, 2.45) is 0 Å². The van der Waals surface area contributed by atoms with Crippen LogP contribution < -0.4 is 4.18 Å². The molecule has 0 aliphatic carbocycles. The molecule has 0 spiro atoms. The summed E-state index contributed by atoms with van der Waals surface area (Å²) < 4.78 is 43.6. The predicted octanol–water partition coefficient (Wildman–Crippen LogP) is 1.57. The first kappa shape index (κ1) is 14.1. The Labute approximate surface area is 125 Å². The molecule has 0 saturated heterocycles. The molecule has 3 aromatic rings. The molecule has 0 saturated carbocycles. The van der Waals surface area contributed by atoms with Gasteiger partial charge in [-0.3, -0.25) is 0 Å². The number of aromatic nitrogens is 4.